The summed E-state index contributed by atoms with van der Waals surface area (Å²) in [5.41, 5.74) is 0.652. The summed E-state index contributed by atoms with van der Waals surface area (Å²) < 4.78 is 10.4. The number of carbonyl (C=O) groups excluding carboxylic acids is 2. The van der Waals surface area contributed by atoms with E-state index in [9.17, 15) is 9.59 Å². The van der Waals surface area contributed by atoms with Crippen LogP contribution in [0.2, 0.25) is 0 Å². The first-order valence-corrected chi connectivity index (χ1v) is 7.30. The molecule has 23 heavy (non-hydrogen) atoms. The van der Waals surface area contributed by atoms with Crippen molar-refractivity contribution in [3.63, 3.8) is 0 Å². The Labute approximate surface area is 133 Å². The van der Waals surface area contributed by atoms with E-state index >= 15 is 0 Å². The van der Waals surface area contributed by atoms with Crippen molar-refractivity contribution in [2.75, 3.05) is 0 Å². The largest absolute Gasteiger partial charge is 0.421 e. The van der Waals surface area contributed by atoms with E-state index in [1.807, 2.05) is 42.5 Å². The molecule has 0 heterocycles. The molecule has 3 rings (SSSR count). The minimum atomic E-state index is -1.05. The molecule has 0 atom stereocenters. The molecular weight excluding hydrogens is 292 g/mol. The Balaban J connectivity index is 2.19. The lowest BCUT2D eigenvalue weighted by Gasteiger charge is -2.19. The van der Waals surface area contributed by atoms with Crippen LogP contribution in [0, 0.1) is 0 Å². The van der Waals surface area contributed by atoms with Gasteiger partial charge in [-0.1, -0.05) is 42.5 Å². The second-order valence-electron chi connectivity index (χ2n) is 5.32. The number of benzene rings is 3. The number of hydrogen-bond acceptors (Lipinski definition) is 4. The van der Waals surface area contributed by atoms with Gasteiger partial charge in [-0.2, -0.15) is 0 Å². The molecule has 0 aliphatic carbocycles. The lowest BCUT2D eigenvalue weighted by molar-refractivity contribution is -0.186. The van der Waals surface area contributed by atoms with Gasteiger partial charge in [0, 0.05) is 19.4 Å². The van der Waals surface area contributed by atoms with Gasteiger partial charge in [0.05, 0.1) is 0 Å². The summed E-state index contributed by atoms with van der Waals surface area (Å²) in [4.78, 5) is 22.7. The Hall–Kier alpha value is -2.88. The Morgan fingerprint density at radius 3 is 1.96 bits per heavy atom. The Morgan fingerprint density at radius 2 is 1.35 bits per heavy atom. The highest BCUT2D eigenvalue weighted by Crippen LogP contribution is 2.31. The third-order valence-corrected chi connectivity index (χ3v) is 3.58. The predicted molar refractivity (Wildman–Crippen MR) is 87.7 cm³/mol. The van der Waals surface area contributed by atoms with Crippen LogP contribution in [0.25, 0.3) is 21.5 Å². The smallest absolute Gasteiger partial charge is 0.305 e. The van der Waals surface area contributed by atoms with Crippen molar-refractivity contribution in [1.29, 1.82) is 0 Å². The molecule has 0 aliphatic rings. The third-order valence-electron chi connectivity index (χ3n) is 3.58. The summed E-state index contributed by atoms with van der Waals surface area (Å²) in [5.74, 6) is -1.01. The lowest BCUT2D eigenvalue weighted by atomic mass is 9.99. The maximum absolute atomic E-state index is 11.3. The number of esters is 2. The summed E-state index contributed by atoms with van der Waals surface area (Å²) in [6.07, 6.45) is -1.05. The van der Waals surface area contributed by atoms with Gasteiger partial charge in [-0.3, -0.25) is 9.59 Å². The van der Waals surface area contributed by atoms with Crippen LogP contribution in [0.3, 0.4) is 0 Å². The summed E-state index contributed by atoms with van der Waals surface area (Å²) in [7, 11) is 0. The number of hydrogen-bond donors (Lipinski definition) is 0. The first-order valence-electron chi connectivity index (χ1n) is 7.30. The van der Waals surface area contributed by atoms with Crippen LogP contribution < -0.4 is 0 Å². The molecule has 0 fully saturated rings. The first-order chi connectivity index (χ1) is 11.0. The Morgan fingerprint density at radius 1 is 0.783 bits per heavy atom. The second kappa shape index (κ2) is 6.08. The molecule has 0 unspecified atom stereocenters. The van der Waals surface area contributed by atoms with Crippen molar-refractivity contribution in [2.45, 2.75) is 20.1 Å². The maximum Gasteiger partial charge on any atom is 0.305 e. The summed E-state index contributed by atoms with van der Waals surface area (Å²) >= 11 is 0. The average molecular weight is 308 g/mol. The summed E-state index contributed by atoms with van der Waals surface area (Å²) in [6.45, 7) is 2.58. The van der Waals surface area contributed by atoms with Crippen LogP contribution in [0.15, 0.2) is 54.6 Å². The SMILES string of the molecule is CC(=O)OC(OC(C)=O)c1cccc2cc3ccccc3cc12. The minimum Gasteiger partial charge on any atom is -0.421 e. The quantitative estimate of drug-likeness (QED) is 0.415. The Kier molecular flexibility index (Phi) is 3.98. The van der Waals surface area contributed by atoms with E-state index < -0.39 is 18.2 Å². The Bertz CT molecular complexity index is 882. The topological polar surface area (TPSA) is 52.6 Å². The van der Waals surface area contributed by atoms with Gasteiger partial charge < -0.3 is 9.47 Å². The van der Waals surface area contributed by atoms with Crippen LogP contribution in [0.5, 0.6) is 0 Å². The molecule has 3 aromatic rings. The highest BCUT2D eigenvalue weighted by molar-refractivity contribution is 5.99. The number of carbonyl (C=O) groups is 2. The van der Waals surface area contributed by atoms with E-state index in [4.69, 9.17) is 9.47 Å². The van der Waals surface area contributed by atoms with Crippen LogP contribution in [-0.4, -0.2) is 11.9 Å². The van der Waals surface area contributed by atoms with Crippen LogP contribution in [0.1, 0.15) is 25.7 Å². The van der Waals surface area contributed by atoms with E-state index in [1.54, 1.807) is 6.07 Å². The summed E-state index contributed by atoms with van der Waals surface area (Å²) in [6, 6.07) is 17.7. The van der Waals surface area contributed by atoms with Crippen molar-refractivity contribution in [2.24, 2.45) is 0 Å². The fraction of sp³-hybridized carbons (Fsp3) is 0.158. The van der Waals surface area contributed by atoms with Crippen molar-refractivity contribution in [1.82, 2.24) is 0 Å². The third kappa shape index (κ3) is 3.16. The first kappa shape index (κ1) is 15.0. The molecule has 0 aliphatic heterocycles. The van der Waals surface area contributed by atoms with Crippen LogP contribution in [0.4, 0.5) is 0 Å². The fourth-order valence-corrected chi connectivity index (χ4v) is 2.65. The minimum absolute atomic E-state index is 0.506. The van der Waals surface area contributed by atoms with Crippen molar-refractivity contribution in [3.05, 3.63) is 60.2 Å². The zero-order chi connectivity index (χ0) is 16.4. The highest BCUT2D eigenvalue weighted by Gasteiger charge is 2.20. The molecule has 0 saturated carbocycles. The number of fused-ring (bicyclic) bond motifs is 2. The van der Waals surface area contributed by atoms with Gasteiger partial charge in [0.25, 0.3) is 6.29 Å². The molecule has 0 radical (unpaired) electrons. The van der Waals surface area contributed by atoms with Crippen molar-refractivity contribution < 1.29 is 19.1 Å². The van der Waals surface area contributed by atoms with E-state index in [2.05, 4.69) is 6.07 Å². The fourth-order valence-electron chi connectivity index (χ4n) is 2.65. The van der Waals surface area contributed by atoms with E-state index in [-0.39, 0.29) is 0 Å². The van der Waals surface area contributed by atoms with Gasteiger partial charge in [-0.25, -0.2) is 0 Å². The number of rotatable bonds is 3. The molecule has 3 aromatic carbocycles. The standard InChI is InChI=1S/C19H16O4/c1-12(20)22-19(23-13(2)21)17-9-5-8-16-10-14-6-3-4-7-15(14)11-18(16)17/h3-11,19H,1-2H3. The van der Waals surface area contributed by atoms with Crippen LogP contribution in [-0.2, 0) is 19.1 Å². The van der Waals surface area contributed by atoms with Gasteiger partial charge in [0.15, 0.2) is 0 Å². The molecule has 4 nitrogen and oxygen atoms in total. The molecule has 116 valence electrons. The van der Waals surface area contributed by atoms with Gasteiger partial charge in [-0.05, 0) is 33.7 Å². The molecule has 4 heteroatoms. The van der Waals surface area contributed by atoms with Crippen molar-refractivity contribution in [3.8, 4) is 0 Å². The zero-order valence-electron chi connectivity index (χ0n) is 12.9. The average Bonchev–Trinajstić information content (AvgIpc) is 2.50. The lowest BCUT2D eigenvalue weighted by Crippen LogP contribution is -2.15. The monoisotopic (exact) mass is 308 g/mol. The predicted octanol–water partition coefficient (Wildman–Crippen LogP) is 4.12. The molecule has 0 spiro atoms. The van der Waals surface area contributed by atoms with Crippen LogP contribution >= 0.6 is 0 Å². The van der Waals surface area contributed by atoms with Gasteiger partial charge in [-0.15, -0.1) is 0 Å². The molecule has 0 amide bonds. The van der Waals surface area contributed by atoms with E-state index in [0.29, 0.717) is 5.56 Å². The maximum atomic E-state index is 11.3. The van der Waals surface area contributed by atoms with E-state index in [0.717, 1.165) is 21.5 Å². The van der Waals surface area contributed by atoms with Crippen molar-refractivity contribution >= 4 is 33.5 Å². The van der Waals surface area contributed by atoms with Gasteiger partial charge in [0.2, 0.25) is 0 Å². The molecule has 0 bridgehead atoms. The van der Waals surface area contributed by atoms with Gasteiger partial charge >= 0.3 is 11.9 Å². The normalized spacial score (nSPS) is 10.9. The molecule has 0 saturated heterocycles. The van der Waals surface area contributed by atoms with Gasteiger partial charge in [0.1, 0.15) is 0 Å². The number of ether oxygens (including phenoxy) is 2. The molecular formula is C19H16O4. The summed E-state index contributed by atoms with van der Waals surface area (Å²) in [5, 5.41) is 4.06. The molecule has 0 N–H and O–H groups in total. The zero-order valence-corrected chi connectivity index (χ0v) is 12.9. The van der Waals surface area contributed by atoms with E-state index in [1.165, 1.54) is 13.8 Å². The second-order valence-corrected chi connectivity index (χ2v) is 5.32. The highest BCUT2D eigenvalue weighted by atomic mass is 16.7. The molecule has 0 aromatic heterocycles.